The molecule has 0 saturated carbocycles. The van der Waals surface area contributed by atoms with Gasteiger partial charge in [0.2, 0.25) is 0 Å². The number of nitrogens with zero attached hydrogens (tertiary/aromatic N) is 2. The molecule has 0 amide bonds. The molecule has 9 aromatic carbocycles. The monoisotopic (exact) mass is 790 g/mol. The molecule has 1 aliphatic carbocycles. The first-order valence-corrected chi connectivity index (χ1v) is 21.1. The molecule has 0 radical (unpaired) electrons. The van der Waals surface area contributed by atoms with E-state index in [1.54, 1.807) is 0 Å². The van der Waals surface area contributed by atoms with Gasteiger partial charge < -0.3 is 4.74 Å². The van der Waals surface area contributed by atoms with Gasteiger partial charge in [-0.2, -0.15) is 0 Å². The topological polar surface area (TPSA) is 35.0 Å². The highest BCUT2D eigenvalue weighted by molar-refractivity contribution is 5.93. The maximum atomic E-state index is 7.13. The van der Waals surface area contributed by atoms with E-state index < -0.39 is 5.41 Å². The molecule has 62 heavy (non-hydrogen) atoms. The molecule has 12 rings (SSSR count). The first kappa shape index (κ1) is 35.8. The number of para-hydroxylation sites is 2. The highest BCUT2D eigenvalue weighted by Crippen LogP contribution is 2.63. The Morgan fingerprint density at radius 2 is 0.742 bits per heavy atom. The van der Waals surface area contributed by atoms with Crippen molar-refractivity contribution in [3.63, 3.8) is 0 Å². The van der Waals surface area contributed by atoms with Crippen LogP contribution in [-0.4, -0.2) is 9.97 Å². The average molecular weight is 791 g/mol. The Kier molecular flexibility index (Phi) is 8.39. The molecule has 1 aromatic heterocycles. The molecule has 0 unspecified atom stereocenters. The van der Waals surface area contributed by atoms with Gasteiger partial charge in [-0.25, -0.2) is 9.97 Å². The predicted molar refractivity (Wildman–Crippen MR) is 252 cm³/mol. The van der Waals surface area contributed by atoms with Gasteiger partial charge in [0.1, 0.15) is 11.5 Å². The van der Waals surface area contributed by atoms with Crippen molar-refractivity contribution in [2.75, 3.05) is 0 Å². The van der Waals surface area contributed by atoms with Crippen molar-refractivity contribution in [2.45, 2.75) is 5.41 Å². The van der Waals surface area contributed by atoms with Gasteiger partial charge in [0.25, 0.3) is 0 Å². The largest absolute Gasteiger partial charge is 0.456 e. The van der Waals surface area contributed by atoms with Crippen LogP contribution in [0.3, 0.4) is 0 Å². The van der Waals surface area contributed by atoms with Gasteiger partial charge in [0.15, 0.2) is 5.82 Å². The summed E-state index contributed by atoms with van der Waals surface area (Å²) in [6, 6.07) is 81.8. The van der Waals surface area contributed by atoms with Crippen molar-refractivity contribution in [1.29, 1.82) is 0 Å². The molecule has 3 heteroatoms. The van der Waals surface area contributed by atoms with Crippen LogP contribution in [0.5, 0.6) is 11.5 Å². The van der Waals surface area contributed by atoms with Crippen LogP contribution in [0.1, 0.15) is 22.3 Å². The van der Waals surface area contributed by atoms with E-state index in [4.69, 9.17) is 14.7 Å². The number of benzene rings is 9. The molecular weight excluding hydrogens is 753 g/mol. The third kappa shape index (κ3) is 5.67. The maximum absolute atomic E-state index is 7.13. The standard InChI is InChI=1S/C59H38N2O/c1-3-18-39(19-4-1)41-22-15-24-43(36-41)54-38-55(61-58(60-54)44-25-16-23-42(37-44)40-20-5-2-6-21-40)48-29-8-7-26-45(48)49-30-17-34-53-57(49)62-56-35-14-13-33-52(56)59(53)50-31-11-9-27-46(50)47-28-10-12-32-51(47)59/h1-38H. The Morgan fingerprint density at radius 3 is 1.42 bits per heavy atom. The molecule has 10 aromatic rings. The number of rotatable bonds is 6. The van der Waals surface area contributed by atoms with Gasteiger partial charge >= 0.3 is 0 Å². The molecule has 3 nitrogen and oxygen atoms in total. The minimum absolute atomic E-state index is 0.564. The zero-order valence-electron chi connectivity index (χ0n) is 33.7. The van der Waals surface area contributed by atoms with Gasteiger partial charge in [-0.15, -0.1) is 0 Å². The number of hydrogen-bond donors (Lipinski definition) is 0. The number of ether oxygens (including phenoxy) is 1. The minimum atomic E-state index is -0.564. The van der Waals surface area contributed by atoms with Crippen LogP contribution in [0.2, 0.25) is 0 Å². The third-order valence-electron chi connectivity index (χ3n) is 12.6. The second-order valence-electron chi connectivity index (χ2n) is 16.0. The first-order valence-electron chi connectivity index (χ1n) is 21.1. The van der Waals surface area contributed by atoms with E-state index in [-0.39, 0.29) is 0 Å². The normalized spacial score (nSPS) is 12.8. The third-order valence-corrected chi connectivity index (χ3v) is 12.6. The van der Waals surface area contributed by atoms with Crippen molar-refractivity contribution in [3.05, 3.63) is 253 Å². The quantitative estimate of drug-likeness (QED) is 0.168. The van der Waals surface area contributed by atoms with Crippen LogP contribution >= 0.6 is 0 Å². The zero-order valence-corrected chi connectivity index (χ0v) is 33.7. The maximum Gasteiger partial charge on any atom is 0.160 e. The lowest BCUT2D eigenvalue weighted by Crippen LogP contribution is -2.32. The van der Waals surface area contributed by atoms with Gasteiger partial charge in [0.05, 0.1) is 16.8 Å². The lowest BCUT2D eigenvalue weighted by atomic mass is 9.65. The minimum Gasteiger partial charge on any atom is -0.456 e. The van der Waals surface area contributed by atoms with E-state index in [1.807, 2.05) is 6.07 Å². The van der Waals surface area contributed by atoms with Gasteiger partial charge in [-0.3, -0.25) is 0 Å². The predicted octanol–water partition coefficient (Wildman–Crippen LogP) is 14.9. The zero-order chi connectivity index (χ0) is 41.0. The summed E-state index contributed by atoms with van der Waals surface area (Å²) in [6.45, 7) is 0. The van der Waals surface area contributed by atoms with Crippen molar-refractivity contribution in [1.82, 2.24) is 9.97 Å². The van der Waals surface area contributed by atoms with Crippen molar-refractivity contribution >= 4 is 0 Å². The fraction of sp³-hybridized carbons (Fsp3) is 0.0169. The Labute approximate surface area is 361 Å². The number of hydrogen-bond acceptors (Lipinski definition) is 3. The van der Waals surface area contributed by atoms with E-state index in [9.17, 15) is 0 Å². The Bertz CT molecular complexity index is 3190. The molecule has 0 fully saturated rings. The van der Waals surface area contributed by atoms with E-state index in [1.165, 1.54) is 22.3 Å². The lowest BCUT2D eigenvalue weighted by Gasteiger charge is -2.40. The average Bonchev–Trinajstić information content (AvgIpc) is 3.65. The summed E-state index contributed by atoms with van der Waals surface area (Å²) in [5, 5.41) is 0. The highest BCUT2D eigenvalue weighted by Gasteiger charge is 2.51. The summed E-state index contributed by atoms with van der Waals surface area (Å²) < 4.78 is 7.13. The molecule has 0 saturated heterocycles. The molecule has 2 heterocycles. The second-order valence-corrected chi connectivity index (χ2v) is 16.0. The van der Waals surface area contributed by atoms with E-state index in [0.29, 0.717) is 5.82 Å². The summed E-state index contributed by atoms with van der Waals surface area (Å²) in [4.78, 5) is 10.7. The number of aromatic nitrogens is 2. The van der Waals surface area contributed by atoms with E-state index in [2.05, 4.69) is 224 Å². The highest BCUT2D eigenvalue weighted by atomic mass is 16.5. The Hall–Kier alpha value is -8.14. The Morgan fingerprint density at radius 1 is 0.290 bits per heavy atom. The summed E-state index contributed by atoms with van der Waals surface area (Å²) in [5.41, 5.74) is 18.0. The molecule has 2 aliphatic rings. The van der Waals surface area contributed by atoms with Crippen LogP contribution < -0.4 is 4.74 Å². The molecule has 1 aliphatic heterocycles. The molecule has 0 N–H and O–H groups in total. The molecule has 290 valence electrons. The van der Waals surface area contributed by atoms with Crippen LogP contribution in [0.25, 0.3) is 78.4 Å². The lowest BCUT2D eigenvalue weighted by molar-refractivity contribution is 0.438. The molecule has 0 atom stereocenters. The summed E-state index contributed by atoms with van der Waals surface area (Å²) >= 11 is 0. The fourth-order valence-electron chi connectivity index (χ4n) is 9.85. The van der Waals surface area contributed by atoms with Crippen LogP contribution in [0, 0.1) is 0 Å². The van der Waals surface area contributed by atoms with Crippen LogP contribution in [0.4, 0.5) is 0 Å². The van der Waals surface area contributed by atoms with Crippen molar-refractivity contribution < 1.29 is 4.74 Å². The van der Waals surface area contributed by atoms with Crippen LogP contribution in [0.15, 0.2) is 231 Å². The van der Waals surface area contributed by atoms with Gasteiger partial charge in [0, 0.05) is 33.4 Å². The smallest absolute Gasteiger partial charge is 0.160 e. The fourth-order valence-corrected chi connectivity index (χ4v) is 9.85. The van der Waals surface area contributed by atoms with Crippen LogP contribution in [-0.2, 0) is 5.41 Å². The molecular formula is C59H38N2O. The van der Waals surface area contributed by atoms with Crippen molar-refractivity contribution in [2.24, 2.45) is 0 Å². The van der Waals surface area contributed by atoms with Gasteiger partial charge in [-0.1, -0.05) is 206 Å². The SMILES string of the molecule is c1ccc(-c2cccc(-c3cc(-c4ccccc4-c4cccc5c4Oc4ccccc4C54c5ccccc5-c5ccccc54)nc(-c4cccc(-c5ccccc5)c4)n3)c2)cc1. The molecule has 1 spiro atoms. The Balaban J connectivity index is 1.08. The first-order chi connectivity index (χ1) is 30.7. The summed E-state index contributed by atoms with van der Waals surface area (Å²) in [6.07, 6.45) is 0. The summed E-state index contributed by atoms with van der Waals surface area (Å²) in [5.74, 6) is 2.37. The second kappa shape index (κ2) is 14.5. The van der Waals surface area contributed by atoms with E-state index >= 15 is 0 Å². The number of fused-ring (bicyclic) bond motifs is 9. The van der Waals surface area contributed by atoms with E-state index in [0.717, 1.165) is 84.1 Å². The van der Waals surface area contributed by atoms with Crippen molar-refractivity contribution in [3.8, 4) is 89.9 Å². The van der Waals surface area contributed by atoms with Gasteiger partial charge in [-0.05, 0) is 74.3 Å². The molecule has 0 bridgehead atoms. The summed E-state index contributed by atoms with van der Waals surface area (Å²) in [7, 11) is 0.